The van der Waals surface area contributed by atoms with Crippen LogP contribution in [0.25, 0.3) is 11.0 Å². The lowest BCUT2D eigenvalue weighted by molar-refractivity contribution is 0.0697. The highest BCUT2D eigenvalue weighted by molar-refractivity contribution is 7.91. The minimum Gasteiger partial charge on any atom is -0.478 e. The SMILES string of the molecule is Cn1c(C(C)(C)S(C)(=O)=O)nc2cc(C(=O)O)ccc21. The molecule has 1 N–H and O–H groups in total. The van der Waals surface area contributed by atoms with Gasteiger partial charge in [0.05, 0.1) is 16.6 Å². The van der Waals surface area contributed by atoms with E-state index in [1.54, 1.807) is 31.5 Å². The predicted octanol–water partition coefficient (Wildman–Crippen LogP) is 1.55. The summed E-state index contributed by atoms with van der Waals surface area (Å²) in [5.74, 6) is -0.654. The number of carbonyl (C=O) groups is 1. The maximum Gasteiger partial charge on any atom is 0.335 e. The molecule has 0 saturated heterocycles. The molecule has 7 heteroatoms. The van der Waals surface area contributed by atoms with E-state index < -0.39 is 20.6 Å². The van der Waals surface area contributed by atoms with Crippen LogP contribution >= 0.6 is 0 Å². The van der Waals surface area contributed by atoms with E-state index in [4.69, 9.17) is 5.11 Å². The molecule has 0 aliphatic rings. The number of rotatable bonds is 3. The van der Waals surface area contributed by atoms with E-state index in [0.29, 0.717) is 16.9 Å². The predicted molar refractivity (Wildman–Crippen MR) is 75.5 cm³/mol. The van der Waals surface area contributed by atoms with Crippen molar-refractivity contribution in [2.45, 2.75) is 18.6 Å². The van der Waals surface area contributed by atoms with E-state index in [2.05, 4.69) is 4.98 Å². The van der Waals surface area contributed by atoms with Gasteiger partial charge < -0.3 is 9.67 Å². The smallest absolute Gasteiger partial charge is 0.335 e. The Hall–Kier alpha value is -1.89. The average Bonchev–Trinajstić information content (AvgIpc) is 2.65. The fourth-order valence-electron chi connectivity index (χ4n) is 2.04. The van der Waals surface area contributed by atoms with Crippen molar-refractivity contribution in [3.63, 3.8) is 0 Å². The number of benzene rings is 1. The number of hydrogen-bond donors (Lipinski definition) is 1. The van der Waals surface area contributed by atoms with Gasteiger partial charge in [-0.25, -0.2) is 18.2 Å². The summed E-state index contributed by atoms with van der Waals surface area (Å²) in [6.45, 7) is 3.17. The average molecular weight is 296 g/mol. The second-order valence-corrected chi connectivity index (χ2v) is 7.85. The highest BCUT2D eigenvalue weighted by atomic mass is 32.2. The van der Waals surface area contributed by atoms with Crippen molar-refractivity contribution in [1.82, 2.24) is 9.55 Å². The van der Waals surface area contributed by atoms with Crippen molar-refractivity contribution in [3.8, 4) is 0 Å². The number of imidazole rings is 1. The summed E-state index contributed by atoms with van der Waals surface area (Å²) >= 11 is 0. The first-order chi connectivity index (χ1) is 9.05. The number of aromatic carboxylic acids is 1. The number of hydrogen-bond acceptors (Lipinski definition) is 4. The molecule has 1 aromatic heterocycles. The molecular weight excluding hydrogens is 280 g/mol. The van der Waals surface area contributed by atoms with Gasteiger partial charge in [0.1, 0.15) is 10.6 Å². The van der Waals surface area contributed by atoms with Crippen LogP contribution in [-0.4, -0.2) is 35.3 Å². The van der Waals surface area contributed by atoms with Crippen LogP contribution in [-0.2, 0) is 21.6 Å². The monoisotopic (exact) mass is 296 g/mol. The van der Waals surface area contributed by atoms with Crippen LogP contribution in [0.1, 0.15) is 30.0 Å². The molecular formula is C13H16N2O4S. The van der Waals surface area contributed by atoms with Gasteiger partial charge in [-0.05, 0) is 32.0 Å². The fourth-order valence-corrected chi connectivity index (χ4v) is 2.55. The second kappa shape index (κ2) is 4.31. The summed E-state index contributed by atoms with van der Waals surface area (Å²) in [5.41, 5.74) is 1.29. The molecule has 0 amide bonds. The lowest BCUT2D eigenvalue weighted by atomic mass is 10.2. The van der Waals surface area contributed by atoms with Gasteiger partial charge in [-0.2, -0.15) is 0 Å². The molecule has 0 saturated carbocycles. The Morgan fingerprint density at radius 3 is 2.45 bits per heavy atom. The third-order valence-electron chi connectivity index (χ3n) is 3.59. The van der Waals surface area contributed by atoms with Crippen molar-refractivity contribution in [1.29, 1.82) is 0 Å². The van der Waals surface area contributed by atoms with Crippen molar-refractivity contribution in [2.75, 3.05) is 6.26 Å². The third kappa shape index (κ3) is 2.07. The molecule has 1 heterocycles. The van der Waals surface area contributed by atoms with Gasteiger partial charge in [-0.1, -0.05) is 0 Å². The molecule has 0 atom stereocenters. The van der Waals surface area contributed by atoms with Gasteiger partial charge in [0, 0.05) is 13.3 Å². The summed E-state index contributed by atoms with van der Waals surface area (Å²) in [6, 6.07) is 4.55. The van der Waals surface area contributed by atoms with Crippen LogP contribution in [0.2, 0.25) is 0 Å². The summed E-state index contributed by atoms with van der Waals surface area (Å²) in [5, 5.41) is 8.98. The molecule has 0 radical (unpaired) electrons. The summed E-state index contributed by atoms with van der Waals surface area (Å²) < 4.78 is 24.4. The fraction of sp³-hybridized carbons (Fsp3) is 0.385. The summed E-state index contributed by atoms with van der Waals surface area (Å²) in [7, 11) is -1.63. The lowest BCUT2D eigenvalue weighted by Gasteiger charge is -2.21. The molecule has 20 heavy (non-hydrogen) atoms. The van der Waals surface area contributed by atoms with Gasteiger partial charge >= 0.3 is 5.97 Å². The number of fused-ring (bicyclic) bond motifs is 1. The first kappa shape index (κ1) is 14.5. The van der Waals surface area contributed by atoms with Gasteiger partial charge in [-0.3, -0.25) is 0 Å². The van der Waals surface area contributed by atoms with E-state index in [1.807, 2.05) is 0 Å². The molecule has 0 spiro atoms. The number of nitrogens with zero attached hydrogens (tertiary/aromatic N) is 2. The molecule has 2 rings (SSSR count). The van der Waals surface area contributed by atoms with E-state index in [-0.39, 0.29) is 5.56 Å². The zero-order chi connectivity index (χ0) is 15.3. The molecule has 0 bridgehead atoms. The number of carboxylic acid groups (broad SMARTS) is 1. The quantitative estimate of drug-likeness (QED) is 0.928. The van der Waals surface area contributed by atoms with Crippen LogP contribution in [0.3, 0.4) is 0 Å². The Morgan fingerprint density at radius 2 is 1.95 bits per heavy atom. The second-order valence-electron chi connectivity index (χ2n) is 5.29. The molecule has 0 unspecified atom stereocenters. The van der Waals surface area contributed by atoms with Gasteiger partial charge in [-0.15, -0.1) is 0 Å². The number of carboxylic acids is 1. The zero-order valence-electron chi connectivity index (χ0n) is 11.7. The Kier molecular flexibility index (Phi) is 3.13. The van der Waals surface area contributed by atoms with E-state index in [0.717, 1.165) is 6.26 Å². The Morgan fingerprint density at radius 1 is 1.35 bits per heavy atom. The van der Waals surface area contributed by atoms with Crippen LogP contribution in [0, 0.1) is 0 Å². The minimum atomic E-state index is -3.35. The Bertz CT molecular complexity index is 803. The van der Waals surface area contributed by atoms with Crippen molar-refractivity contribution in [2.24, 2.45) is 7.05 Å². The largest absolute Gasteiger partial charge is 0.478 e. The Balaban J connectivity index is 2.75. The summed E-state index contributed by atoms with van der Waals surface area (Å²) in [4.78, 5) is 15.3. The third-order valence-corrected chi connectivity index (χ3v) is 5.63. The highest BCUT2D eigenvalue weighted by Crippen LogP contribution is 2.30. The molecule has 2 aromatic rings. The van der Waals surface area contributed by atoms with E-state index >= 15 is 0 Å². The van der Waals surface area contributed by atoms with Gasteiger partial charge in [0.25, 0.3) is 0 Å². The molecule has 0 fully saturated rings. The molecule has 108 valence electrons. The van der Waals surface area contributed by atoms with E-state index in [9.17, 15) is 13.2 Å². The number of aryl methyl sites for hydroxylation is 1. The first-order valence-electron chi connectivity index (χ1n) is 5.95. The molecule has 0 aliphatic heterocycles. The topological polar surface area (TPSA) is 89.3 Å². The number of aromatic nitrogens is 2. The van der Waals surface area contributed by atoms with Crippen molar-refractivity contribution in [3.05, 3.63) is 29.6 Å². The van der Waals surface area contributed by atoms with Crippen molar-refractivity contribution < 1.29 is 18.3 Å². The maximum absolute atomic E-state index is 11.9. The Labute approximate surface area is 117 Å². The maximum atomic E-state index is 11.9. The van der Waals surface area contributed by atoms with Crippen LogP contribution in [0.15, 0.2) is 18.2 Å². The van der Waals surface area contributed by atoms with Gasteiger partial charge in [0.15, 0.2) is 9.84 Å². The standard InChI is InChI=1S/C13H16N2O4S/c1-13(2,20(4,18)19)12-14-9-7-8(11(16)17)5-6-10(9)15(12)3/h5-7H,1-4H3,(H,16,17). The van der Waals surface area contributed by atoms with Gasteiger partial charge in [0.2, 0.25) is 0 Å². The first-order valence-corrected chi connectivity index (χ1v) is 7.84. The normalized spacial score (nSPS) is 12.8. The van der Waals surface area contributed by atoms with Crippen LogP contribution < -0.4 is 0 Å². The molecule has 1 aromatic carbocycles. The van der Waals surface area contributed by atoms with Crippen LogP contribution in [0.4, 0.5) is 0 Å². The zero-order valence-corrected chi connectivity index (χ0v) is 12.5. The lowest BCUT2D eigenvalue weighted by Crippen LogP contribution is -2.31. The highest BCUT2D eigenvalue weighted by Gasteiger charge is 2.36. The van der Waals surface area contributed by atoms with Crippen LogP contribution in [0.5, 0.6) is 0 Å². The van der Waals surface area contributed by atoms with Crippen molar-refractivity contribution >= 4 is 26.8 Å². The number of sulfone groups is 1. The minimum absolute atomic E-state index is 0.124. The van der Waals surface area contributed by atoms with E-state index in [1.165, 1.54) is 12.1 Å². The molecule has 0 aliphatic carbocycles. The summed E-state index contributed by atoms with van der Waals surface area (Å²) in [6.07, 6.45) is 1.16. The molecule has 6 nitrogen and oxygen atoms in total.